The van der Waals surface area contributed by atoms with Gasteiger partial charge in [-0.3, -0.25) is 4.79 Å². The van der Waals surface area contributed by atoms with Crippen LogP contribution in [0.25, 0.3) is 12.2 Å². The van der Waals surface area contributed by atoms with Gasteiger partial charge in [0.25, 0.3) is 0 Å². The summed E-state index contributed by atoms with van der Waals surface area (Å²) in [6, 6.07) is 15.1. The Labute approximate surface area is 161 Å². The minimum absolute atomic E-state index is 0.145. The first-order valence-electron chi connectivity index (χ1n) is 8.67. The number of methoxy groups -OCH3 is 2. The van der Waals surface area contributed by atoms with E-state index in [1.165, 1.54) is 12.2 Å². The molecule has 0 aromatic heterocycles. The third-order valence-electron chi connectivity index (χ3n) is 3.71. The van der Waals surface area contributed by atoms with Gasteiger partial charge in [-0.05, 0) is 47.5 Å². The molecule has 0 saturated carbocycles. The van der Waals surface area contributed by atoms with Crippen LogP contribution in [0.15, 0.2) is 72.5 Å². The lowest BCUT2D eigenvalue weighted by Gasteiger charge is -2.03. The van der Waals surface area contributed by atoms with Gasteiger partial charge in [0.1, 0.15) is 17.3 Å². The topological polar surface area (TPSA) is 44.8 Å². The number of ether oxygens (including phenoxy) is 2. The van der Waals surface area contributed by atoms with Crippen LogP contribution in [0.1, 0.15) is 11.1 Å². The first-order chi connectivity index (χ1) is 13.1. The highest BCUT2D eigenvalue weighted by atomic mass is 16.5. The van der Waals surface area contributed by atoms with Gasteiger partial charge in [0.05, 0.1) is 14.2 Å². The van der Waals surface area contributed by atoms with Crippen molar-refractivity contribution in [3.05, 3.63) is 83.6 Å². The van der Waals surface area contributed by atoms with E-state index in [4.69, 9.17) is 14.1 Å². The molecule has 27 heavy (non-hydrogen) atoms. The summed E-state index contributed by atoms with van der Waals surface area (Å²) in [5.41, 5.74) is 1.91. The zero-order chi connectivity index (χ0) is 19.5. The number of carbonyl (C=O) groups is 1. The van der Waals surface area contributed by atoms with E-state index < -0.39 is 0 Å². The van der Waals surface area contributed by atoms with E-state index in [-0.39, 0.29) is 5.78 Å². The molecule has 0 aliphatic carbocycles. The third-order valence-corrected chi connectivity index (χ3v) is 3.71. The summed E-state index contributed by atoms with van der Waals surface area (Å²) in [6.45, 7) is 1.88. The highest BCUT2D eigenvalue weighted by Crippen LogP contribution is 2.14. The Balaban J connectivity index is 2.06. The van der Waals surface area contributed by atoms with Crippen LogP contribution in [-0.4, -0.2) is 27.5 Å². The van der Waals surface area contributed by atoms with Crippen LogP contribution in [0.2, 0.25) is 6.82 Å². The SMILES string of the molecule is CBOC(=C\C(=O)/C=C/c1ccc(OC)cc1)/C=C/c1ccc(OC)cc1. The maximum Gasteiger partial charge on any atom is 0.336 e. The molecule has 0 spiro atoms. The predicted molar refractivity (Wildman–Crippen MR) is 111 cm³/mol. The number of hydrogen-bond acceptors (Lipinski definition) is 4. The minimum atomic E-state index is -0.145. The molecule has 0 radical (unpaired) electrons. The molecular formula is C22H23BO4. The van der Waals surface area contributed by atoms with Crippen LogP contribution in [0.3, 0.4) is 0 Å². The Morgan fingerprint density at radius 1 is 0.815 bits per heavy atom. The molecule has 0 fully saturated rings. The van der Waals surface area contributed by atoms with Crippen LogP contribution < -0.4 is 9.47 Å². The summed E-state index contributed by atoms with van der Waals surface area (Å²) < 4.78 is 15.8. The zero-order valence-corrected chi connectivity index (χ0v) is 15.8. The van der Waals surface area contributed by atoms with Gasteiger partial charge in [-0.2, -0.15) is 0 Å². The Hall–Kier alpha value is -3.21. The first-order valence-corrected chi connectivity index (χ1v) is 8.67. The van der Waals surface area contributed by atoms with E-state index in [0.717, 1.165) is 22.6 Å². The average Bonchev–Trinajstić information content (AvgIpc) is 2.71. The van der Waals surface area contributed by atoms with Gasteiger partial charge in [0.15, 0.2) is 5.78 Å². The van der Waals surface area contributed by atoms with Crippen molar-refractivity contribution in [3.8, 4) is 11.5 Å². The van der Waals surface area contributed by atoms with Crippen LogP contribution in [0, 0.1) is 0 Å². The third kappa shape index (κ3) is 6.90. The highest BCUT2D eigenvalue weighted by Gasteiger charge is 1.99. The lowest BCUT2D eigenvalue weighted by molar-refractivity contribution is -0.110. The van der Waals surface area contributed by atoms with Gasteiger partial charge in [-0.15, -0.1) is 0 Å². The molecule has 2 aromatic carbocycles. The molecule has 2 aromatic rings. The summed E-state index contributed by atoms with van der Waals surface area (Å²) in [5.74, 6) is 1.94. The maximum absolute atomic E-state index is 12.2. The van der Waals surface area contributed by atoms with Crippen molar-refractivity contribution in [2.24, 2.45) is 0 Å². The maximum atomic E-state index is 12.2. The molecule has 2 rings (SSSR count). The van der Waals surface area contributed by atoms with Crippen LogP contribution in [0.4, 0.5) is 0 Å². The fraction of sp³-hybridized carbons (Fsp3) is 0.136. The standard InChI is InChI=1S/C22H23BO4/c1-23-27-22(15-9-18-7-13-21(26-3)14-8-18)16-19(24)10-4-17-5-11-20(25-2)12-6-17/h4-16,23H,1-3H3/b10-4+,15-9+,22-16-. The molecular weight excluding hydrogens is 339 g/mol. The highest BCUT2D eigenvalue weighted by molar-refractivity contribution is 6.25. The van der Waals surface area contributed by atoms with Gasteiger partial charge >= 0.3 is 7.48 Å². The second kappa shape index (κ2) is 10.7. The number of carbonyl (C=O) groups excluding carboxylic acids is 1. The molecule has 4 nitrogen and oxygen atoms in total. The van der Waals surface area contributed by atoms with Crippen molar-refractivity contribution in [1.82, 2.24) is 0 Å². The lowest BCUT2D eigenvalue weighted by atomic mass is 10.1. The normalized spacial score (nSPS) is 11.6. The van der Waals surface area contributed by atoms with E-state index in [2.05, 4.69) is 0 Å². The number of ketones is 1. The van der Waals surface area contributed by atoms with E-state index >= 15 is 0 Å². The largest absolute Gasteiger partial charge is 0.565 e. The molecule has 5 heteroatoms. The van der Waals surface area contributed by atoms with Gasteiger partial charge in [0.2, 0.25) is 0 Å². The molecule has 0 unspecified atom stereocenters. The van der Waals surface area contributed by atoms with Crippen LogP contribution in [0.5, 0.6) is 11.5 Å². The molecule has 138 valence electrons. The molecule has 0 aliphatic heterocycles. The van der Waals surface area contributed by atoms with Gasteiger partial charge < -0.3 is 14.1 Å². The fourth-order valence-corrected chi connectivity index (χ4v) is 2.28. The molecule has 0 aliphatic rings. The summed E-state index contributed by atoms with van der Waals surface area (Å²) in [5, 5.41) is 0. The Morgan fingerprint density at radius 2 is 1.30 bits per heavy atom. The smallest absolute Gasteiger partial charge is 0.336 e. The number of allylic oxidation sites excluding steroid dienone is 3. The van der Waals surface area contributed by atoms with E-state index in [1.54, 1.807) is 26.4 Å². The summed E-state index contributed by atoms with van der Waals surface area (Å²) in [4.78, 5) is 12.2. The van der Waals surface area contributed by atoms with Crippen molar-refractivity contribution in [1.29, 1.82) is 0 Å². The molecule has 0 heterocycles. The quantitative estimate of drug-likeness (QED) is 0.289. The molecule has 0 bridgehead atoms. The molecule has 0 N–H and O–H groups in total. The summed E-state index contributed by atoms with van der Waals surface area (Å²) >= 11 is 0. The number of hydrogen-bond donors (Lipinski definition) is 0. The Morgan fingerprint density at radius 3 is 1.74 bits per heavy atom. The predicted octanol–water partition coefficient (Wildman–Crippen LogP) is 4.30. The number of benzene rings is 2. The van der Waals surface area contributed by atoms with Gasteiger partial charge in [-0.25, -0.2) is 0 Å². The fourth-order valence-electron chi connectivity index (χ4n) is 2.28. The van der Waals surface area contributed by atoms with Crippen molar-refractivity contribution >= 4 is 25.4 Å². The first kappa shape index (κ1) is 20.1. The van der Waals surface area contributed by atoms with Crippen molar-refractivity contribution in [2.75, 3.05) is 14.2 Å². The summed E-state index contributed by atoms with van der Waals surface area (Å²) in [6.07, 6.45) is 8.42. The second-order valence-corrected chi connectivity index (χ2v) is 5.60. The monoisotopic (exact) mass is 362 g/mol. The van der Waals surface area contributed by atoms with Crippen molar-refractivity contribution in [3.63, 3.8) is 0 Å². The van der Waals surface area contributed by atoms with E-state index in [9.17, 15) is 4.79 Å². The van der Waals surface area contributed by atoms with E-state index in [1.807, 2.05) is 61.4 Å². The lowest BCUT2D eigenvalue weighted by Crippen LogP contribution is -1.96. The Bertz CT molecular complexity index is 818. The van der Waals surface area contributed by atoms with Gasteiger partial charge in [0, 0.05) is 6.08 Å². The number of rotatable bonds is 9. The Kier molecular flexibility index (Phi) is 7.98. The second-order valence-electron chi connectivity index (χ2n) is 5.60. The van der Waals surface area contributed by atoms with Crippen molar-refractivity contribution in [2.45, 2.75) is 6.82 Å². The molecule has 0 atom stereocenters. The van der Waals surface area contributed by atoms with Crippen LogP contribution in [-0.2, 0) is 9.45 Å². The average molecular weight is 362 g/mol. The van der Waals surface area contributed by atoms with E-state index in [0.29, 0.717) is 13.2 Å². The summed E-state index contributed by atoms with van der Waals surface area (Å²) in [7, 11) is 3.73. The van der Waals surface area contributed by atoms with Gasteiger partial charge in [-0.1, -0.05) is 43.2 Å². The minimum Gasteiger partial charge on any atom is -0.565 e. The molecule has 0 amide bonds. The van der Waals surface area contributed by atoms with Crippen molar-refractivity contribution < 1.29 is 18.9 Å². The molecule has 0 saturated heterocycles. The van der Waals surface area contributed by atoms with Crippen LogP contribution >= 0.6 is 0 Å². The zero-order valence-electron chi connectivity index (χ0n) is 15.8.